The second-order valence-electron chi connectivity index (χ2n) is 6.20. The van der Waals surface area contributed by atoms with Crippen molar-refractivity contribution in [3.05, 3.63) is 0 Å². The van der Waals surface area contributed by atoms with Crippen molar-refractivity contribution in [2.24, 2.45) is 29.6 Å². The van der Waals surface area contributed by atoms with Crippen LogP contribution in [0.25, 0.3) is 0 Å². The molecular formula is C15H29F3O. The summed E-state index contributed by atoms with van der Waals surface area (Å²) in [4.78, 5) is 0. The van der Waals surface area contributed by atoms with Gasteiger partial charge < -0.3 is 4.74 Å². The van der Waals surface area contributed by atoms with Crippen LogP contribution in [0.15, 0.2) is 0 Å². The van der Waals surface area contributed by atoms with E-state index in [-0.39, 0.29) is 6.42 Å². The van der Waals surface area contributed by atoms with Gasteiger partial charge in [0.25, 0.3) is 0 Å². The Balaban J connectivity index is 0.000000362. The Labute approximate surface area is 115 Å². The third kappa shape index (κ3) is 6.64. The molecule has 0 N–H and O–H groups in total. The average molecular weight is 282 g/mol. The Morgan fingerprint density at radius 1 is 0.947 bits per heavy atom. The highest BCUT2D eigenvalue weighted by molar-refractivity contribution is 4.79. The molecule has 1 heterocycles. The monoisotopic (exact) mass is 282 g/mol. The van der Waals surface area contributed by atoms with Crippen LogP contribution in [0.3, 0.4) is 0 Å². The molecule has 1 rings (SSSR count). The summed E-state index contributed by atoms with van der Waals surface area (Å²) in [6.07, 6.45) is -3.82. The van der Waals surface area contributed by atoms with Gasteiger partial charge in [0.05, 0.1) is 5.92 Å². The molecule has 0 aromatic rings. The molecule has 0 bridgehead atoms. The maximum absolute atomic E-state index is 11.4. The minimum absolute atomic E-state index is 0.170. The van der Waals surface area contributed by atoms with Crippen molar-refractivity contribution in [1.29, 1.82) is 0 Å². The van der Waals surface area contributed by atoms with Gasteiger partial charge in [-0.15, -0.1) is 0 Å². The van der Waals surface area contributed by atoms with Gasteiger partial charge in [0, 0.05) is 13.2 Å². The van der Waals surface area contributed by atoms with Gasteiger partial charge in [-0.1, -0.05) is 41.5 Å². The second-order valence-corrected chi connectivity index (χ2v) is 6.20. The molecule has 1 aliphatic heterocycles. The second kappa shape index (κ2) is 8.13. The molecule has 1 nitrogen and oxygen atoms in total. The fraction of sp³-hybridized carbons (Fsp3) is 1.00. The minimum Gasteiger partial charge on any atom is -0.381 e. The summed E-state index contributed by atoms with van der Waals surface area (Å²) < 4.78 is 39.8. The largest absolute Gasteiger partial charge is 0.391 e. The summed E-state index contributed by atoms with van der Waals surface area (Å²) in [5.41, 5.74) is 0. The zero-order valence-corrected chi connectivity index (χ0v) is 13.1. The molecule has 0 aromatic heterocycles. The van der Waals surface area contributed by atoms with Crippen LogP contribution in [0.5, 0.6) is 0 Å². The van der Waals surface area contributed by atoms with Gasteiger partial charge >= 0.3 is 6.18 Å². The zero-order chi connectivity index (χ0) is 15.2. The van der Waals surface area contributed by atoms with E-state index >= 15 is 0 Å². The van der Waals surface area contributed by atoms with Crippen LogP contribution >= 0.6 is 0 Å². The number of ether oxygens (including phenoxy) is 1. The van der Waals surface area contributed by atoms with E-state index in [0.29, 0.717) is 0 Å². The third-order valence-corrected chi connectivity index (χ3v) is 4.05. The lowest BCUT2D eigenvalue weighted by molar-refractivity contribution is -0.170. The maximum Gasteiger partial charge on any atom is 0.391 e. The molecule has 0 saturated carbocycles. The van der Waals surface area contributed by atoms with E-state index < -0.39 is 12.1 Å². The smallest absolute Gasteiger partial charge is 0.381 e. The minimum atomic E-state index is -3.99. The Morgan fingerprint density at radius 3 is 1.47 bits per heavy atom. The quantitative estimate of drug-likeness (QED) is 0.695. The lowest BCUT2D eigenvalue weighted by Crippen LogP contribution is -2.22. The normalized spacial score (nSPS) is 25.4. The molecule has 3 unspecified atom stereocenters. The first-order valence-electron chi connectivity index (χ1n) is 7.25. The lowest BCUT2D eigenvalue weighted by Gasteiger charge is -2.23. The number of alkyl halides is 3. The summed E-state index contributed by atoms with van der Waals surface area (Å²) in [6, 6.07) is 0. The summed E-state index contributed by atoms with van der Waals surface area (Å²) in [6.45, 7) is 13.9. The zero-order valence-electron chi connectivity index (χ0n) is 13.1. The molecule has 0 spiro atoms. The Morgan fingerprint density at radius 2 is 1.32 bits per heavy atom. The van der Waals surface area contributed by atoms with E-state index in [1.807, 2.05) is 0 Å². The molecule has 0 aromatic carbocycles. The predicted octanol–water partition coefficient (Wildman–Crippen LogP) is 5.16. The van der Waals surface area contributed by atoms with Crippen LogP contribution < -0.4 is 0 Å². The van der Waals surface area contributed by atoms with Gasteiger partial charge in [-0.05, 0) is 30.1 Å². The van der Waals surface area contributed by atoms with E-state index in [2.05, 4.69) is 27.7 Å². The summed E-state index contributed by atoms with van der Waals surface area (Å²) in [5.74, 6) is 2.02. The molecule has 0 aliphatic carbocycles. The van der Waals surface area contributed by atoms with Crippen LogP contribution in [0, 0.1) is 29.6 Å². The Hall–Kier alpha value is -0.250. The SMILES string of the molecule is CC(C)C1COCC1C(C)C.CCC(C)C(F)(F)F. The Kier molecular flexibility index (Phi) is 8.02. The van der Waals surface area contributed by atoms with E-state index in [1.54, 1.807) is 0 Å². The predicted molar refractivity (Wildman–Crippen MR) is 73.0 cm³/mol. The highest BCUT2D eigenvalue weighted by atomic mass is 19.4. The average Bonchev–Trinajstić information content (AvgIpc) is 2.76. The molecule has 0 amide bonds. The lowest BCUT2D eigenvalue weighted by atomic mass is 9.80. The first-order chi connectivity index (χ1) is 8.61. The van der Waals surface area contributed by atoms with Crippen molar-refractivity contribution >= 4 is 0 Å². The highest BCUT2D eigenvalue weighted by Crippen LogP contribution is 2.32. The van der Waals surface area contributed by atoms with Gasteiger partial charge in [0.15, 0.2) is 0 Å². The van der Waals surface area contributed by atoms with Crippen LogP contribution in [-0.4, -0.2) is 19.4 Å². The molecular weight excluding hydrogens is 253 g/mol. The first kappa shape index (κ1) is 18.8. The van der Waals surface area contributed by atoms with Crippen molar-refractivity contribution in [2.75, 3.05) is 13.2 Å². The van der Waals surface area contributed by atoms with Crippen molar-refractivity contribution in [1.82, 2.24) is 0 Å². The van der Waals surface area contributed by atoms with Crippen molar-refractivity contribution in [2.45, 2.75) is 54.1 Å². The molecule has 4 heteroatoms. The molecule has 1 saturated heterocycles. The van der Waals surface area contributed by atoms with E-state index in [0.717, 1.165) is 36.9 Å². The molecule has 1 fully saturated rings. The van der Waals surface area contributed by atoms with Crippen LogP contribution in [0.2, 0.25) is 0 Å². The van der Waals surface area contributed by atoms with Crippen LogP contribution in [-0.2, 0) is 4.74 Å². The Bertz CT molecular complexity index is 222. The van der Waals surface area contributed by atoms with Crippen molar-refractivity contribution in [3.63, 3.8) is 0 Å². The van der Waals surface area contributed by atoms with Crippen LogP contribution in [0.4, 0.5) is 13.2 Å². The third-order valence-electron chi connectivity index (χ3n) is 4.05. The van der Waals surface area contributed by atoms with E-state index in [1.165, 1.54) is 13.8 Å². The summed E-state index contributed by atoms with van der Waals surface area (Å²) in [7, 11) is 0. The number of hydrogen-bond donors (Lipinski definition) is 0. The number of hydrogen-bond acceptors (Lipinski definition) is 1. The van der Waals surface area contributed by atoms with Gasteiger partial charge in [0.2, 0.25) is 0 Å². The highest BCUT2D eigenvalue weighted by Gasteiger charge is 2.34. The molecule has 3 atom stereocenters. The standard InChI is InChI=1S/C10H20O.C5H9F3/c1-7(2)9-5-11-6-10(9)8(3)4;1-3-4(2)5(6,7)8/h7-10H,5-6H2,1-4H3;4H,3H2,1-2H3. The topological polar surface area (TPSA) is 9.23 Å². The molecule has 116 valence electrons. The molecule has 0 radical (unpaired) electrons. The molecule has 19 heavy (non-hydrogen) atoms. The van der Waals surface area contributed by atoms with Crippen LogP contribution in [0.1, 0.15) is 48.0 Å². The summed E-state index contributed by atoms with van der Waals surface area (Å²) in [5, 5.41) is 0. The van der Waals surface area contributed by atoms with Crippen molar-refractivity contribution in [3.8, 4) is 0 Å². The number of rotatable bonds is 3. The fourth-order valence-corrected chi connectivity index (χ4v) is 2.19. The van der Waals surface area contributed by atoms with Crippen molar-refractivity contribution < 1.29 is 17.9 Å². The van der Waals surface area contributed by atoms with Gasteiger partial charge in [-0.3, -0.25) is 0 Å². The number of halogens is 3. The summed E-state index contributed by atoms with van der Waals surface area (Å²) >= 11 is 0. The van der Waals surface area contributed by atoms with Gasteiger partial charge in [0.1, 0.15) is 0 Å². The fourth-order valence-electron chi connectivity index (χ4n) is 2.19. The first-order valence-corrected chi connectivity index (χ1v) is 7.25. The van der Waals surface area contributed by atoms with E-state index in [4.69, 9.17) is 4.74 Å². The maximum atomic E-state index is 11.4. The van der Waals surface area contributed by atoms with E-state index in [9.17, 15) is 13.2 Å². The molecule has 1 aliphatic rings. The van der Waals surface area contributed by atoms with Gasteiger partial charge in [-0.2, -0.15) is 13.2 Å². The van der Waals surface area contributed by atoms with Gasteiger partial charge in [-0.25, -0.2) is 0 Å².